The van der Waals surface area contributed by atoms with E-state index in [0.717, 1.165) is 6.07 Å². The summed E-state index contributed by atoms with van der Waals surface area (Å²) in [6.07, 6.45) is 0. The molecule has 8 heteroatoms. The maximum absolute atomic E-state index is 12.0. The minimum atomic E-state index is -1.16. The van der Waals surface area contributed by atoms with Crippen LogP contribution in [0.2, 0.25) is 0 Å². The molecule has 0 aliphatic carbocycles. The molecule has 7 nitrogen and oxygen atoms in total. The average Bonchev–Trinajstić information content (AvgIpc) is 2.34. The van der Waals surface area contributed by atoms with Crippen molar-refractivity contribution in [3.05, 3.63) is 38.3 Å². The predicted octanol–water partition coefficient (Wildman–Crippen LogP) is 2.20. The lowest BCUT2D eigenvalue weighted by Gasteiger charge is -2.18. The van der Waals surface area contributed by atoms with Crippen molar-refractivity contribution in [3.8, 4) is 0 Å². The van der Waals surface area contributed by atoms with Gasteiger partial charge in [0, 0.05) is 16.6 Å². The second kappa shape index (κ2) is 6.47. The van der Waals surface area contributed by atoms with Gasteiger partial charge in [-0.25, -0.2) is 4.79 Å². The topological polar surface area (TPSA) is 110 Å². The van der Waals surface area contributed by atoms with E-state index in [1.54, 1.807) is 13.8 Å². The molecule has 1 aromatic carbocycles. The third kappa shape index (κ3) is 3.77. The number of carboxylic acid groups (broad SMARTS) is 1. The van der Waals surface area contributed by atoms with Crippen molar-refractivity contribution >= 4 is 33.5 Å². The van der Waals surface area contributed by atoms with E-state index in [9.17, 15) is 19.7 Å². The van der Waals surface area contributed by atoms with Crippen molar-refractivity contribution in [2.75, 3.05) is 0 Å². The molecule has 0 aliphatic heterocycles. The van der Waals surface area contributed by atoms with Crippen LogP contribution in [-0.4, -0.2) is 27.9 Å². The molecule has 1 rings (SSSR count). The third-order valence-corrected chi connectivity index (χ3v) is 3.32. The van der Waals surface area contributed by atoms with E-state index in [4.69, 9.17) is 5.11 Å². The Bertz CT molecular complexity index is 559. The van der Waals surface area contributed by atoms with Crippen molar-refractivity contribution in [1.29, 1.82) is 0 Å². The number of aliphatic carboxylic acids is 1. The molecule has 0 bridgehead atoms. The smallest absolute Gasteiger partial charge is 0.326 e. The molecule has 0 aliphatic rings. The number of carboxylic acids is 1. The highest BCUT2D eigenvalue weighted by Crippen LogP contribution is 2.22. The molecule has 20 heavy (non-hydrogen) atoms. The Morgan fingerprint density at radius 2 is 2.00 bits per heavy atom. The summed E-state index contributed by atoms with van der Waals surface area (Å²) in [5.41, 5.74) is -0.221. The minimum Gasteiger partial charge on any atom is -0.480 e. The van der Waals surface area contributed by atoms with E-state index in [0.29, 0.717) is 4.47 Å². The molecule has 0 saturated heterocycles. The molecule has 0 aromatic heterocycles. The maximum atomic E-state index is 12.0. The second-order valence-electron chi connectivity index (χ2n) is 4.45. The number of nitro benzene ring substituents is 1. The van der Waals surface area contributed by atoms with Gasteiger partial charge in [0.05, 0.1) is 10.5 Å². The number of hydrogen-bond acceptors (Lipinski definition) is 4. The number of nitro groups is 1. The van der Waals surface area contributed by atoms with Crippen molar-refractivity contribution in [1.82, 2.24) is 5.32 Å². The minimum absolute atomic E-state index is 0.0195. The fourth-order valence-electron chi connectivity index (χ4n) is 1.53. The highest BCUT2D eigenvalue weighted by molar-refractivity contribution is 9.10. The Labute approximate surface area is 123 Å². The Hall–Kier alpha value is -1.96. The van der Waals surface area contributed by atoms with E-state index in [1.165, 1.54) is 12.1 Å². The molecule has 0 unspecified atom stereocenters. The second-order valence-corrected chi connectivity index (χ2v) is 5.31. The number of carbonyl (C=O) groups excluding carboxylic acids is 1. The van der Waals surface area contributed by atoms with Gasteiger partial charge in [0.25, 0.3) is 11.6 Å². The van der Waals surface area contributed by atoms with Crippen LogP contribution in [0.25, 0.3) is 0 Å². The molecule has 108 valence electrons. The van der Waals surface area contributed by atoms with Gasteiger partial charge in [-0.1, -0.05) is 13.8 Å². The number of non-ortho nitro benzene ring substituents is 1. The molecule has 0 radical (unpaired) electrons. The molecule has 1 amide bonds. The van der Waals surface area contributed by atoms with Gasteiger partial charge in [-0.15, -0.1) is 0 Å². The van der Waals surface area contributed by atoms with Crippen LogP contribution in [0.3, 0.4) is 0 Å². The Kier molecular flexibility index (Phi) is 5.20. The van der Waals surface area contributed by atoms with Gasteiger partial charge >= 0.3 is 5.97 Å². The summed E-state index contributed by atoms with van der Waals surface area (Å²) < 4.78 is 0.355. The summed E-state index contributed by atoms with van der Waals surface area (Å²) in [6.45, 7) is 3.31. The maximum Gasteiger partial charge on any atom is 0.326 e. The van der Waals surface area contributed by atoms with Crippen LogP contribution >= 0.6 is 15.9 Å². The van der Waals surface area contributed by atoms with Crippen LogP contribution < -0.4 is 5.32 Å². The Morgan fingerprint density at radius 1 is 1.40 bits per heavy atom. The number of amides is 1. The number of rotatable bonds is 5. The molecule has 1 aromatic rings. The molecular formula is C12H13BrN2O5. The summed E-state index contributed by atoms with van der Waals surface area (Å²) >= 11 is 3.11. The zero-order valence-electron chi connectivity index (χ0n) is 10.8. The molecule has 0 heterocycles. The summed E-state index contributed by atoms with van der Waals surface area (Å²) in [5.74, 6) is -2.15. The Balaban J connectivity index is 3.05. The van der Waals surface area contributed by atoms with Gasteiger partial charge in [0.15, 0.2) is 0 Å². The average molecular weight is 345 g/mol. The summed E-state index contributed by atoms with van der Waals surface area (Å²) in [4.78, 5) is 33.1. The number of nitrogens with zero attached hydrogens (tertiary/aromatic N) is 1. The lowest BCUT2D eigenvalue weighted by molar-refractivity contribution is -0.384. The number of nitrogens with one attached hydrogen (secondary N) is 1. The van der Waals surface area contributed by atoms with Gasteiger partial charge in [-0.2, -0.15) is 0 Å². The van der Waals surface area contributed by atoms with Crippen molar-refractivity contribution in [2.45, 2.75) is 19.9 Å². The van der Waals surface area contributed by atoms with Crippen molar-refractivity contribution < 1.29 is 19.6 Å². The van der Waals surface area contributed by atoms with E-state index in [-0.39, 0.29) is 17.2 Å². The summed E-state index contributed by atoms with van der Waals surface area (Å²) in [6, 6.07) is 2.66. The highest BCUT2D eigenvalue weighted by atomic mass is 79.9. The highest BCUT2D eigenvalue weighted by Gasteiger charge is 2.25. The first kappa shape index (κ1) is 16.1. The molecule has 0 spiro atoms. The van der Waals surface area contributed by atoms with Crippen LogP contribution in [0.5, 0.6) is 0 Å². The summed E-state index contributed by atoms with van der Waals surface area (Å²) in [5, 5.41) is 22.1. The molecule has 2 N–H and O–H groups in total. The van der Waals surface area contributed by atoms with Gasteiger partial charge in [-0.05, 0) is 27.9 Å². The quantitative estimate of drug-likeness (QED) is 0.628. The SMILES string of the molecule is CC(C)[C@H](NC(=O)c1cc([N+](=O)[O-])ccc1Br)C(=O)O. The van der Waals surface area contributed by atoms with E-state index < -0.39 is 22.8 Å². The van der Waals surface area contributed by atoms with Crippen LogP contribution in [0.15, 0.2) is 22.7 Å². The van der Waals surface area contributed by atoms with Gasteiger partial charge in [-0.3, -0.25) is 14.9 Å². The number of benzene rings is 1. The van der Waals surface area contributed by atoms with Gasteiger partial charge < -0.3 is 10.4 Å². The van der Waals surface area contributed by atoms with E-state index in [2.05, 4.69) is 21.2 Å². The largest absolute Gasteiger partial charge is 0.480 e. The lowest BCUT2D eigenvalue weighted by atomic mass is 10.0. The zero-order valence-corrected chi connectivity index (χ0v) is 12.4. The van der Waals surface area contributed by atoms with Crippen LogP contribution in [0, 0.1) is 16.0 Å². The van der Waals surface area contributed by atoms with Crippen LogP contribution in [0.4, 0.5) is 5.69 Å². The third-order valence-electron chi connectivity index (χ3n) is 2.62. The van der Waals surface area contributed by atoms with Crippen molar-refractivity contribution in [3.63, 3.8) is 0 Å². The molecule has 1 atom stereocenters. The van der Waals surface area contributed by atoms with Gasteiger partial charge in [0.1, 0.15) is 6.04 Å². The lowest BCUT2D eigenvalue weighted by Crippen LogP contribution is -2.44. The van der Waals surface area contributed by atoms with E-state index >= 15 is 0 Å². The van der Waals surface area contributed by atoms with Crippen LogP contribution in [0.1, 0.15) is 24.2 Å². The molecule has 0 saturated carbocycles. The first-order chi connectivity index (χ1) is 9.23. The summed E-state index contributed by atoms with van der Waals surface area (Å²) in [7, 11) is 0. The van der Waals surface area contributed by atoms with Gasteiger partial charge in [0.2, 0.25) is 0 Å². The Morgan fingerprint density at radius 3 is 2.45 bits per heavy atom. The van der Waals surface area contributed by atoms with Crippen LogP contribution in [-0.2, 0) is 4.79 Å². The number of halogens is 1. The first-order valence-electron chi connectivity index (χ1n) is 5.71. The predicted molar refractivity (Wildman–Crippen MR) is 74.5 cm³/mol. The number of hydrogen-bond donors (Lipinski definition) is 2. The fourth-order valence-corrected chi connectivity index (χ4v) is 1.96. The molecule has 0 fully saturated rings. The molecular weight excluding hydrogens is 332 g/mol. The monoisotopic (exact) mass is 344 g/mol. The standard InChI is InChI=1S/C12H13BrN2O5/c1-6(2)10(12(17)18)14-11(16)8-5-7(15(19)20)3-4-9(8)13/h3-6,10H,1-2H3,(H,14,16)(H,17,18)/t10-/m0/s1. The van der Waals surface area contributed by atoms with Crippen molar-refractivity contribution in [2.24, 2.45) is 5.92 Å². The van der Waals surface area contributed by atoms with E-state index in [1.807, 2.05) is 0 Å². The number of carbonyl (C=O) groups is 2. The first-order valence-corrected chi connectivity index (χ1v) is 6.51. The zero-order chi connectivity index (χ0) is 15.4. The normalized spacial score (nSPS) is 12.0. The fraction of sp³-hybridized carbons (Fsp3) is 0.333.